The molecule has 0 amide bonds. The SMILES string of the molecule is [CH]=C(/C=C/CCC)CO. The Labute approximate surface area is 56.7 Å². The summed E-state index contributed by atoms with van der Waals surface area (Å²) in [5.41, 5.74) is 0.531. The third kappa shape index (κ3) is 5.31. The van der Waals surface area contributed by atoms with Gasteiger partial charge in [0.15, 0.2) is 0 Å². The summed E-state index contributed by atoms with van der Waals surface area (Å²) in [7, 11) is 0. The van der Waals surface area contributed by atoms with Crippen molar-refractivity contribution in [2.24, 2.45) is 0 Å². The van der Waals surface area contributed by atoms with Gasteiger partial charge in [0, 0.05) is 0 Å². The molecule has 0 spiro atoms. The Morgan fingerprint density at radius 1 is 1.67 bits per heavy atom. The molecule has 0 bridgehead atoms. The van der Waals surface area contributed by atoms with Crippen LogP contribution in [0.25, 0.3) is 0 Å². The van der Waals surface area contributed by atoms with E-state index in [-0.39, 0.29) is 6.61 Å². The molecule has 0 aromatic rings. The van der Waals surface area contributed by atoms with Crippen LogP contribution in [0.15, 0.2) is 17.7 Å². The van der Waals surface area contributed by atoms with Gasteiger partial charge in [-0.2, -0.15) is 0 Å². The van der Waals surface area contributed by atoms with Crippen LogP contribution < -0.4 is 0 Å². The Hall–Kier alpha value is -0.560. The fourth-order valence-corrected chi connectivity index (χ4v) is 0.454. The molecule has 0 saturated carbocycles. The number of hydrogen-bond donors (Lipinski definition) is 1. The first-order chi connectivity index (χ1) is 4.31. The maximum Gasteiger partial charge on any atom is 0.0681 e. The van der Waals surface area contributed by atoms with E-state index < -0.39 is 0 Å². The molecule has 0 saturated heterocycles. The third-order valence-electron chi connectivity index (χ3n) is 0.970. The zero-order chi connectivity index (χ0) is 7.11. The maximum absolute atomic E-state index is 8.42. The minimum atomic E-state index is -0.0415. The summed E-state index contributed by atoms with van der Waals surface area (Å²) in [6.07, 6.45) is 5.87. The summed E-state index contributed by atoms with van der Waals surface area (Å²) in [5, 5.41) is 8.42. The predicted octanol–water partition coefficient (Wildman–Crippen LogP) is 1.69. The molecule has 0 rings (SSSR count). The summed E-state index contributed by atoms with van der Waals surface area (Å²) >= 11 is 0. The molecule has 1 nitrogen and oxygen atoms in total. The molecule has 0 atom stereocenters. The lowest BCUT2D eigenvalue weighted by Gasteiger charge is -1.88. The van der Waals surface area contributed by atoms with E-state index in [1.165, 1.54) is 0 Å². The van der Waals surface area contributed by atoms with E-state index in [1.807, 2.05) is 6.08 Å². The van der Waals surface area contributed by atoms with E-state index in [4.69, 9.17) is 11.7 Å². The van der Waals surface area contributed by atoms with Crippen molar-refractivity contribution in [2.45, 2.75) is 19.8 Å². The van der Waals surface area contributed by atoms with Gasteiger partial charge in [-0.05, 0) is 12.0 Å². The Morgan fingerprint density at radius 2 is 2.33 bits per heavy atom. The molecule has 51 valence electrons. The van der Waals surface area contributed by atoms with Gasteiger partial charge in [-0.3, -0.25) is 0 Å². The molecule has 0 heterocycles. The molecule has 1 heteroatoms. The molecule has 1 N–H and O–H groups in total. The lowest BCUT2D eigenvalue weighted by atomic mass is 10.2. The summed E-state index contributed by atoms with van der Waals surface area (Å²) < 4.78 is 0. The van der Waals surface area contributed by atoms with Crippen molar-refractivity contribution < 1.29 is 5.11 Å². The average Bonchev–Trinajstić information content (AvgIpc) is 1.89. The predicted molar refractivity (Wildman–Crippen MR) is 38.9 cm³/mol. The smallest absolute Gasteiger partial charge is 0.0681 e. The van der Waals surface area contributed by atoms with E-state index in [0.717, 1.165) is 12.8 Å². The number of unbranched alkanes of at least 4 members (excludes halogenated alkanes) is 1. The standard InChI is InChI=1S/C8H13O/c1-3-4-5-6-8(2)7-9/h2,5-6,9H,3-4,7H2,1H3/b6-5+,8-2?. The van der Waals surface area contributed by atoms with E-state index in [1.54, 1.807) is 6.08 Å². The van der Waals surface area contributed by atoms with Crippen molar-refractivity contribution in [3.05, 3.63) is 24.3 Å². The molecule has 0 aliphatic heterocycles. The van der Waals surface area contributed by atoms with Crippen LogP contribution in [0.1, 0.15) is 19.8 Å². The largest absolute Gasteiger partial charge is 0.392 e. The summed E-state index contributed by atoms with van der Waals surface area (Å²) in [5.74, 6) is 0. The Morgan fingerprint density at radius 3 is 2.78 bits per heavy atom. The lowest BCUT2D eigenvalue weighted by Crippen LogP contribution is -1.81. The Bertz CT molecular complexity index is 103. The van der Waals surface area contributed by atoms with Gasteiger partial charge in [0.2, 0.25) is 0 Å². The highest BCUT2D eigenvalue weighted by molar-refractivity contribution is 5.12. The molecule has 0 aromatic heterocycles. The zero-order valence-electron chi connectivity index (χ0n) is 5.80. The van der Waals surface area contributed by atoms with Gasteiger partial charge >= 0.3 is 0 Å². The number of aliphatic hydroxyl groups excluding tert-OH is 1. The minimum Gasteiger partial charge on any atom is -0.392 e. The van der Waals surface area contributed by atoms with Gasteiger partial charge in [-0.1, -0.05) is 32.1 Å². The highest BCUT2D eigenvalue weighted by Crippen LogP contribution is 1.93. The minimum absolute atomic E-state index is 0.0415. The topological polar surface area (TPSA) is 20.2 Å². The fraction of sp³-hybridized carbons (Fsp3) is 0.500. The van der Waals surface area contributed by atoms with Crippen LogP contribution in [0.5, 0.6) is 0 Å². The van der Waals surface area contributed by atoms with E-state index in [9.17, 15) is 0 Å². The van der Waals surface area contributed by atoms with E-state index in [2.05, 4.69) is 6.92 Å². The molecule has 0 aromatic carbocycles. The van der Waals surface area contributed by atoms with Gasteiger partial charge < -0.3 is 5.11 Å². The van der Waals surface area contributed by atoms with E-state index in [0.29, 0.717) is 5.57 Å². The molecule has 9 heavy (non-hydrogen) atoms. The first-order valence-corrected chi connectivity index (χ1v) is 3.20. The van der Waals surface area contributed by atoms with Crippen molar-refractivity contribution in [3.63, 3.8) is 0 Å². The van der Waals surface area contributed by atoms with Gasteiger partial charge in [-0.25, -0.2) is 0 Å². The first kappa shape index (κ1) is 8.44. The second-order valence-electron chi connectivity index (χ2n) is 1.92. The summed E-state index contributed by atoms with van der Waals surface area (Å²) in [4.78, 5) is 0. The Kier molecular flexibility index (Phi) is 5.23. The van der Waals surface area contributed by atoms with Crippen molar-refractivity contribution >= 4 is 0 Å². The van der Waals surface area contributed by atoms with Gasteiger partial charge in [-0.15, -0.1) is 0 Å². The number of rotatable bonds is 4. The summed E-state index contributed by atoms with van der Waals surface area (Å²) in [6, 6.07) is 0. The van der Waals surface area contributed by atoms with Crippen LogP contribution in [0.2, 0.25) is 0 Å². The molecular weight excluding hydrogens is 112 g/mol. The van der Waals surface area contributed by atoms with Crippen LogP contribution in [0.3, 0.4) is 0 Å². The van der Waals surface area contributed by atoms with Crippen LogP contribution in [0, 0.1) is 6.58 Å². The molecule has 0 aliphatic carbocycles. The Balaban J connectivity index is 3.32. The van der Waals surface area contributed by atoms with E-state index >= 15 is 0 Å². The third-order valence-corrected chi connectivity index (χ3v) is 0.970. The highest BCUT2D eigenvalue weighted by atomic mass is 16.3. The fourth-order valence-electron chi connectivity index (χ4n) is 0.454. The van der Waals surface area contributed by atoms with Crippen LogP contribution in [-0.4, -0.2) is 11.7 Å². The highest BCUT2D eigenvalue weighted by Gasteiger charge is 1.80. The monoisotopic (exact) mass is 125 g/mol. The van der Waals surface area contributed by atoms with Crippen molar-refractivity contribution in [1.82, 2.24) is 0 Å². The van der Waals surface area contributed by atoms with Crippen molar-refractivity contribution in [3.8, 4) is 0 Å². The normalized spacial score (nSPS) is 10.4. The summed E-state index contributed by atoms with van der Waals surface area (Å²) in [6.45, 7) is 7.35. The first-order valence-electron chi connectivity index (χ1n) is 3.20. The molecular formula is C8H13O. The molecule has 1 radical (unpaired) electrons. The van der Waals surface area contributed by atoms with Gasteiger partial charge in [0.1, 0.15) is 0 Å². The number of aliphatic hydroxyl groups is 1. The molecule has 0 fully saturated rings. The van der Waals surface area contributed by atoms with Crippen LogP contribution in [-0.2, 0) is 0 Å². The maximum atomic E-state index is 8.42. The number of hydrogen-bond acceptors (Lipinski definition) is 1. The average molecular weight is 125 g/mol. The second kappa shape index (κ2) is 5.57. The van der Waals surface area contributed by atoms with Gasteiger partial charge in [0.25, 0.3) is 0 Å². The second-order valence-corrected chi connectivity index (χ2v) is 1.92. The lowest BCUT2D eigenvalue weighted by molar-refractivity contribution is 0.335. The van der Waals surface area contributed by atoms with Crippen molar-refractivity contribution in [1.29, 1.82) is 0 Å². The van der Waals surface area contributed by atoms with Crippen LogP contribution in [0.4, 0.5) is 0 Å². The molecule has 0 unspecified atom stereocenters. The quantitative estimate of drug-likeness (QED) is 0.567. The van der Waals surface area contributed by atoms with Crippen molar-refractivity contribution in [2.75, 3.05) is 6.61 Å². The van der Waals surface area contributed by atoms with Gasteiger partial charge in [0.05, 0.1) is 6.61 Å². The zero-order valence-corrected chi connectivity index (χ0v) is 5.80. The molecule has 0 aliphatic rings. The number of allylic oxidation sites excluding steroid dienone is 1. The van der Waals surface area contributed by atoms with Crippen LogP contribution >= 0.6 is 0 Å².